The van der Waals surface area contributed by atoms with Crippen molar-refractivity contribution < 1.29 is 27.9 Å². The third kappa shape index (κ3) is 5.33. The van der Waals surface area contributed by atoms with Crippen LogP contribution in [0.1, 0.15) is 27.9 Å². The number of amides is 1. The lowest BCUT2D eigenvalue weighted by Crippen LogP contribution is -2.37. The van der Waals surface area contributed by atoms with Crippen molar-refractivity contribution in [2.24, 2.45) is 5.16 Å². The quantitative estimate of drug-likeness (QED) is 0.478. The van der Waals surface area contributed by atoms with Gasteiger partial charge >= 0.3 is 0 Å². The van der Waals surface area contributed by atoms with E-state index in [2.05, 4.69) is 5.16 Å². The first kappa shape index (κ1) is 23.2. The summed E-state index contributed by atoms with van der Waals surface area (Å²) in [7, 11) is 3.12. The number of ether oxygens (including phenoxy) is 2. The Kier molecular flexibility index (Phi) is 7.06. The first-order valence-electron chi connectivity index (χ1n) is 10.7. The maximum atomic E-state index is 13.7. The molecular formula is C26H24F2N2O4. The molecule has 0 saturated carbocycles. The summed E-state index contributed by atoms with van der Waals surface area (Å²) in [5, 5.41) is 4.21. The van der Waals surface area contributed by atoms with Crippen LogP contribution in [-0.2, 0) is 11.4 Å². The van der Waals surface area contributed by atoms with Crippen molar-refractivity contribution in [1.29, 1.82) is 0 Å². The number of hydrogen-bond acceptors (Lipinski definition) is 5. The monoisotopic (exact) mass is 466 g/mol. The lowest BCUT2D eigenvalue weighted by molar-refractivity contribution is 0.0405. The molecular weight excluding hydrogens is 442 g/mol. The summed E-state index contributed by atoms with van der Waals surface area (Å²) in [6.07, 6.45) is 0.0623. The van der Waals surface area contributed by atoms with E-state index in [4.69, 9.17) is 14.3 Å². The Balaban J connectivity index is 1.51. The predicted octanol–water partition coefficient (Wildman–Crippen LogP) is 4.82. The van der Waals surface area contributed by atoms with Crippen LogP contribution in [0, 0.1) is 11.6 Å². The van der Waals surface area contributed by atoms with Crippen LogP contribution in [-0.4, -0.2) is 43.4 Å². The van der Waals surface area contributed by atoms with Gasteiger partial charge in [0.25, 0.3) is 5.91 Å². The smallest absolute Gasteiger partial charge is 0.254 e. The fourth-order valence-corrected chi connectivity index (χ4v) is 3.79. The largest absolute Gasteiger partial charge is 0.493 e. The van der Waals surface area contributed by atoms with Crippen molar-refractivity contribution in [1.82, 2.24) is 4.90 Å². The normalized spacial score (nSPS) is 14.8. The van der Waals surface area contributed by atoms with Crippen LogP contribution in [0.25, 0.3) is 0 Å². The molecule has 8 heteroatoms. The summed E-state index contributed by atoms with van der Waals surface area (Å²) in [6, 6.07) is 16.9. The summed E-state index contributed by atoms with van der Waals surface area (Å²) < 4.78 is 37.7. The third-order valence-electron chi connectivity index (χ3n) is 5.52. The van der Waals surface area contributed by atoms with Gasteiger partial charge in [-0.05, 0) is 54.1 Å². The molecule has 1 atom stereocenters. The topological polar surface area (TPSA) is 60.4 Å². The number of carbonyl (C=O) groups is 1. The van der Waals surface area contributed by atoms with E-state index in [9.17, 15) is 13.6 Å². The molecule has 176 valence electrons. The van der Waals surface area contributed by atoms with E-state index in [1.165, 1.54) is 30.3 Å². The Morgan fingerprint density at radius 3 is 2.47 bits per heavy atom. The minimum atomic E-state index is -0.497. The number of nitrogens with zero attached hydrogens (tertiary/aromatic N) is 2. The molecule has 0 fully saturated rings. The van der Waals surface area contributed by atoms with Gasteiger partial charge in [-0.2, -0.15) is 0 Å². The van der Waals surface area contributed by atoms with Gasteiger partial charge in [0, 0.05) is 24.1 Å². The SMILES string of the molecule is COc1ccc(C2=NO[C@@H](CN(Cc3ccc(F)cc3)C(=O)c3cccc(F)c3)C2)cc1OC. The van der Waals surface area contributed by atoms with Gasteiger partial charge in [-0.15, -0.1) is 0 Å². The maximum Gasteiger partial charge on any atom is 0.254 e. The number of methoxy groups -OCH3 is 2. The number of hydrogen-bond donors (Lipinski definition) is 0. The number of rotatable bonds is 8. The van der Waals surface area contributed by atoms with Gasteiger partial charge in [0.15, 0.2) is 17.6 Å². The first-order valence-corrected chi connectivity index (χ1v) is 10.7. The first-order chi connectivity index (χ1) is 16.5. The average molecular weight is 466 g/mol. The fourth-order valence-electron chi connectivity index (χ4n) is 3.79. The van der Waals surface area contributed by atoms with Crippen LogP contribution in [0.5, 0.6) is 11.5 Å². The molecule has 0 unspecified atom stereocenters. The highest BCUT2D eigenvalue weighted by Crippen LogP contribution is 2.30. The molecule has 0 spiro atoms. The molecule has 6 nitrogen and oxygen atoms in total. The number of halogens is 2. The van der Waals surface area contributed by atoms with Gasteiger partial charge in [0.2, 0.25) is 0 Å². The van der Waals surface area contributed by atoms with Crippen LogP contribution in [0.3, 0.4) is 0 Å². The molecule has 0 aromatic heterocycles. The molecule has 3 aromatic carbocycles. The molecule has 0 radical (unpaired) electrons. The van der Waals surface area contributed by atoms with E-state index < -0.39 is 11.9 Å². The van der Waals surface area contributed by atoms with Gasteiger partial charge in [0.05, 0.1) is 26.5 Å². The minimum absolute atomic E-state index is 0.210. The highest BCUT2D eigenvalue weighted by atomic mass is 19.1. The molecule has 1 heterocycles. The fraction of sp³-hybridized carbons (Fsp3) is 0.231. The molecule has 1 amide bonds. The minimum Gasteiger partial charge on any atom is -0.493 e. The third-order valence-corrected chi connectivity index (χ3v) is 5.52. The summed E-state index contributed by atoms with van der Waals surface area (Å²) >= 11 is 0. The molecule has 3 aromatic rings. The Labute approximate surface area is 196 Å². The van der Waals surface area contributed by atoms with E-state index in [0.717, 1.165) is 11.1 Å². The maximum absolute atomic E-state index is 13.7. The standard InChI is InChI=1S/C26H24F2N2O4/c1-32-24-11-8-18(13-25(24)33-2)23-14-22(34-29-23)16-30(15-17-6-9-20(27)10-7-17)26(31)19-4-3-5-21(28)12-19/h3-13,22H,14-16H2,1-2H3/t22-/m1/s1. The molecule has 34 heavy (non-hydrogen) atoms. The predicted molar refractivity (Wildman–Crippen MR) is 123 cm³/mol. The zero-order valence-electron chi connectivity index (χ0n) is 18.8. The van der Waals surface area contributed by atoms with Gasteiger partial charge in [0.1, 0.15) is 11.6 Å². The zero-order valence-corrected chi connectivity index (χ0v) is 18.8. The van der Waals surface area contributed by atoms with Crippen molar-refractivity contribution >= 4 is 11.6 Å². The zero-order chi connectivity index (χ0) is 24.1. The van der Waals surface area contributed by atoms with E-state index in [0.29, 0.717) is 23.6 Å². The number of carbonyl (C=O) groups excluding carboxylic acids is 1. The van der Waals surface area contributed by atoms with Crippen LogP contribution >= 0.6 is 0 Å². The molecule has 1 aliphatic heterocycles. The summed E-state index contributed by atoms with van der Waals surface area (Å²) in [5.74, 6) is -0.0338. The summed E-state index contributed by atoms with van der Waals surface area (Å²) in [4.78, 5) is 20.4. The molecule has 0 aliphatic carbocycles. The number of oxime groups is 1. The Morgan fingerprint density at radius 2 is 1.76 bits per heavy atom. The van der Waals surface area contributed by atoms with Gasteiger partial charge in [-0.3, -0.25) is 4.79 Å². The van der Waals surface area contributed by atoms with E-state index in [1.54, 1.807) is 43.4 Å². The van der Waals surface area contributed by atoms with Gasteiger partial charge in [-0.1, -0.05) is 23.4 Å². The van der Waals surface area contributed by atoms with E-state index in [1.807, 2.05) is 12.1 Å². The van der Waals surface area contributed by atoms with Crippen molar-refractivity contribution in [3.05, 3.63) is 95.1 Å². The summed E-state index contributed by atoms with van der Waals surface area (Å²) in [5.41, 5.74) is 2.50. The Morgan fingerprint density at radius 1 is 1.00 bits per heavy atom. The van der Waals surface area contributed by atoms with Crippen LogP contribution in [0.4, 0.5) is 8.78 Å². The lowest BCUT2D eigenvalue weighted by atomic mass is 10.0. The second kappa shape index (κ2) is 10.3. The summed E-state index contributed by atoms with van der Waals surface area (Å²) in [6.45, 7) is 0.425. The molecule has 0 bridgehead atoms. The van der Waals surface area contributed by atoms with Crippen molar-refractivity contribution in [3.8, 4) is 11.5 Å². The van der Waals surface area contributed by atoms with Crippen molar-refractivity contribution in [2.45, 2.75) is 19.1 Å². The van der Waals surface area contributed by atoms with Crippen molar-refractivity contribution in [3.63, 3.8) is 0 Å². The van der Waals surface area contributed by atoms with Gasteiger partial charge < -0.3 is 19.2 Å². The highest BCUT2D eigenvalue weighted by molar-refractivity contribution is 6.02. The van der Waals surface area contributed by atoms with E-state index >= 15 is 0 Å². The van der Waals surface area contributed by atoms with Crippen LogP contribution in [0.2, 0.25) is 0 Å². The van der Waals surface area contributed by atoms with Crippen LogP contribution in [0.15, 0.2) is 71.9 Å². The Bertz CT molecular complexity index is 1200. The van der Waals surface area contributed by atoms with Gasteiger partial charge in [-0.25, -0.2) is 8.78 Å². The molecule has 0 N–H and O–H groups in total. The molecule has 1 aliphatic rings. The second-order valence-electron chi connectivity index (χ2n) is 7.86. The van der Waals surface area contributed by atoms with Crippen LogP contribution < -0.4 is 9.47 Å². The second-order valence-corrected chi connectivity index (χ2v) is 7.86. The lowest BCUT2D eigenvalue weighted by Gasteiger charge is -2.25. The highest BCUT2D eigenvalue weighted by Gasteiger charge is 2.28. The van der Waals surface area contributed by atoms with E-state index in [-0.39, 0.29) is 30.4 Å². The average Bonchev–Trinajstić information content (AvgIpc) is 3.32. The molecule has 4 rings (SSSR count). The Hall–Kier alpha value is -3.94. The number of benzene rings is 3. The van der Waals surface area contributed by atoms with Crippen molar-refractivity contribution in [2.75, 3.05) is 20.8 Å². The molecule has 0 saturated heterocycles.